The first-order valence-corrected chi connectivity index (χ1v) is 9.35. The predicted molar refractivity (Wildman–Crippen MR) is 108 cm³/mol. The summed E-state index contributed by atoms with van der Waals surface area (Å²) in [5, 5.41) is 0. The van der Waals surface area contributed by atoms with Crippen LogP contribution in [-0.4, -0.2) is 47.0 Å². The third-order valence-electron chi connectivity index (χ3n) is 4.78. The molecule has 6 nitrogen and oxygen atoms in total. The average molecular weight is 374 g/mol. The maximum Gasteiger partial charge on any atom is 0.253 e. The second-order valence-electron chi connectivity index (χ2n) is 6.77. The van der Waals surface area contributed by atoms with Crippen LogP contribution in [0.3, 0.4) is 0 Å². The minimum atomic E-state index is 0.0791. The van der Waals surface area contributed by atoms with Crippen LogP contribution in [0.5, 0.6) is 11.6 Å². The number of rotatable bonds is 4. The van der Waals surface area contributed by atoms with Crippen molar-refractivity contribution in [2.24, 2.45) is 0 Å². The van der Waals surface area contributed by atoms with Crippen LogP contribution in [0.1, 0.15) is 15.9 Å². The van der Waals surface area contributed by atoms with Crippen LogP contribution >= 0.6 is 0 Å². The molecule has 0 unspecified atom stereocenters. The van der Waals surface area contributed by atoms with Crippen molar-refractivity contribution in [1.29, 1.82) is 0 Å². The van der Waals surface area contributed by atoms with Gasteiger partial charge < -0.3 is 14.5 Å². The molecule has 1 saturated heterocycles. The van der Waals surface area contributed by atoms with Gasteiger partial charge in [0, 0.05) is 37.8 Å². The Kier molecular flexibility index (Phi) is 5.19. The molecule has 2 aromatic carbocycles. The topological polar surface area (TPSA) is 58.6 Å². The lowest BCUT2D eigenvalue weighted by molar-refractivity contribution is 0.0746. The zero-order chi connectivity index (χ0) is 19.3. The molecular formula is C22H22N4O2. The molecule has 2 heterocycles. The standard InChI is InChI=1S/C22H22N4O2/c1-17-7-9-18(10-8-17)22(27)26-13-11-25(12-14-26)20-15-21(24-16-23-20)28-19-5-3-2-4-6-19/h2-10,15-16H,11-14H2,1H3. The molecular weight excluding hydrogens is 352 g/mol. The number of carbonyl (C=O) groups excluding carboxylic acids is 1. The third-order valence-corrected chi connectivity index (χ3v) is 4.78. The maximum absolute atomic E-state index is 12.7. The van der Waals surface area contributed by atoms with E-state index in [1.807, 2.05) is 72.5 Å². The summed E-state index contributed by atoms with van der Waals surface area (Å²) >= 11 is 0. The van der Waals surface area contributed by atoms with E-state index in [0.717, 1.165) is 35.8 Å². The monoisotopic (exact) mass is 374 g/mol. The fraction of sp³-hybridized carbons (Fsp3) is 0.227. The van der Waals surface area contributed by atoms with Crippen LogP contribution in [0.15, 0.2) is 67.0 Å². The first-order chi connectivity index (χ1) is 13.7. The van der Waals surface area contributed by atoms with Crippen molar-refractivity contribution in [3.63, 3.8) is 0 Å². The number of hydrogen-bond acceptors (Lipinski definition) is 5. The van der Waals surface area contributed by atoms with E-state index in [9.17, 15) is 4.79 Å². The molecule has 0 atom stereocenters. The summed E-state index contributed by atoms with van der Waals surface area (Å²) in [5.41, 5.74) is 1.89. The molecule has 1 aliphatic rings. The SMILES string of the molecule is Cc1ccc(C(=O)N2CCN(c3cc(Oc4ccccc4)ncn3)CC2)cc1. The fourth-order valence-electron chi connectivity index (χ4n) is 3.19. The summed E-state index contributed by atoms with van der Waals surface area (Å²) in [6.07, 6.45) is 1.51. The number of benzene rings is 2. The minimum Gasteiger partial charge on any atom is -0.439 e. The van der Waals surface area contributed by atoms with Gasteiger partial charge in [-0.1, -0.05) is 35.9 Å². The van der Waals surface area contributed by atoms with Crippen molar-refractivity contribution in [2.75, 3.05) is 31.1 Å². The average Bonchev–Trinajstić information content (AvgIpc) is 2.75. The van der Waals surface area contributed by atoms with Crippen molar-refractivity contribution in [2.45, 2.75) is 6.92 Å². The molecule has 28 heavy (non-hydrogen) atoms. The first-order valence-electron chi connectivity index (χ1n) is 9.35. The van der Waals surface area contributed by atoms with Crippen molar-refractivity contribution in [1.82, 2.24) is 14.9 Å². The molecule has 1 aromatic heterocycles. The van der Waals surface area contributed by atoms with Crippen LogP contribution in [0, 0.1) is 6.92 Å². The van der Waals surface area contributed by atoms with Crippen molar-refractivity contribution in [3.8, 4) is 11.6 Å². The Balaban J connectivity index is 1.39. The molecule has 1 fully saturated rings. The number of piperazine rings is 1. The van der Waals surface area contributed by atoms with E-state index in [1.165, 1.54) is 6.33 Å². The molecule has 3 aromatic rings. The van der Waals surface area contributed by atoms with Gasteiger partial charge in [-0.15, -0.1) is 0 Å². The highest BCUT2D eigenvalue weighted by molar-refractivity contribution is 5.94. The highest BCUT2D eigenvalue weighted by Crippen LogP contribution is 2.23. The Morgan fingerprint density at radius 3 is 2.36 bits per heavy atom. The Morgan fingerprint density at radius 1 is 0.929 bits per heavy atom. The first kappa shape index (κ1) is 18.0. The molecule has 0 radical (unpaired) electrons. The number of amides is 1. The Labute approximate surface area is 164 Å². The number of anilines is 1. The predicted octanol–water partition coefficient (Wildman–Crippen LogP) is 3.54. The summed E-state index contributed by atoms with van der Waals surface area (Å²) < 4.78 is 5.79. The van der Waals surface area contributed by atoms with E-state index >= 15 is 0 Å². The number of nitrogens with zero attached hydrogens (tertiary/aromatic N) is 4. The summed E-state index contributed by atoms with van der Waals surface area (Å²) in [6.45, 7) is 4.78. The maximum atomic E-state index is 12.7. The van der Waals surface area contributed by atoms with Crippen molar-refractivity contribution in [3.05, 3.63) is 78.1 Å². The van der Waals surface area contributed by atoms with Gasteiger partial charge in [-0.3, -0.25) is 4.79 Å². The summed E-state index contributed by atoms with van der Waals surface area (Å²) in [4.78, 5) is 25.3. The number of aromatic nitrogens is 2. The van der Waals surface area contributed by atoms with Gasteiger partial charge in [0.1, 0.15) is 17.9 Å². The third kappa shape index (κ3) is 4.11. The van der Waals surface area contributed by atoms with Gasteiger partial charge in [0.2, 0.25) is 5.88 Å². The van der Waals surface area contributed by atoms with E-state index in [2.05, 4.69) is 14.9 Å². The Morgan fingerprint density at radius 2 is 1.64 bits per heavy atom. The molecule has 0 spiro atoms. The summed E-state index contributed by atoms with van der Waals surface area (Å²) in [6, 6.07) is 19.1. The van der Waals surface area contributed by atoms with E-state index in [0.29, 0.717) is 19.0 Å². The molecule has 0 saturated carbocycles. The van der Waals surface area contributed by atoms with Crippen LogP contribution in [-0.2, 0) is 0 Å². The van der Waals surface area contributed by atoms with Crippen molar-refractivity contribution < 1.29 is 9.53 Å². The van der Waals surface area contributed by atoms with Crippen LogP contribution < -0.4 is 9.64 Å². The second kappa shape index (κ2) is 8.08. The molecule has 142 valence electrons. The van der Waals surface area contributed by atoms with Gasteiger partial charge in [-0.25, -0.2) is 9.97 Å². The molecule has 4 rings (SSSR count). The van der Waals surface area contributed by atoms with Crippen molar-refractivity contribution >= 4 is 11.7 Å². The number of para-hydroxylation sites is 1. The minimum absolute atomic E-state index is 0.0791. The van der Waals surface area contributed by atoms with Gasteiger partial charge in [-0.2, -0.15) is 0 Å². The number of carbonyl (C=O) groups is 1. The van der Waals surface area contributed by atoms with E-state index < -0.39 is 0 Å². The fourth-order valence-corrected chi connectivity index (χ4v) is 3.19. The smallest absolute Gasteiger partial charge is 0.253 e. The lowest BCUT2D eigenvalue weighted by Gasteiger charge is -2.35. The van der Waals surface area contributed by atoms with Gasteiger partial charge in [0.05, 0.1) is 0 Å². The van der Waals surface area contributed by atoms with Crippen LogP contribution in [0.2, 0.25) is 0 Å². The molecule has 0 N–H and O–H groups in total. The highest BCUT2D eigenvalue weighted by Gasteiger charge is 2.23. The van der Waals surface area contributed by atoms with Crippen LogP contribution in [0.25, 0.3) is 0 Å². The zero-order valence-electron chi connectivity index (χ0n) is 15.8. The van der Waals surface area contributed by atoms with Gasteiger partial charge in [0.15, 0.2) is 0 Å². The zero-order valence-corrected chi connectivity index (χ0v) is 15.8. The second-order valence-corrected chi connectivity index (χ2v) is 6.77. The normalized spacial score (nSPS) is 14.0. The summed E-state index contributed by atoms with van der Waals surface area (Å²) in [7, 11) is 0. The molecule has 1 aliphatic heterocycles. The van der Waals surface area contributed by atoms with Gasteiger partial charge >= 0.3 is 0 Å². The van der Waals surface area contributed by atoms with E-state index in [1.54, 1.807) is 0 Å². The number of ether oxygens (including phenoxy) is 1. The molecule has 1 amide bonds. The Hall–Kier alpha value is -3.41. The lowest BCUT2D eigenvalue weighted by Crippen LogP contribution is -2.49. The number of aryl methyl sites for hydroxylation is 1. The molecule has 0 aliphatic carbocycles. The van der Waals surface area contributed by atoms with E-state index in [-0.39, 0.29) is 5.91 Å². The van der Waals surface area contributed by atoms with Gasteiger partial charge in [-0.05, 0) is 31.2 Å². The number of hydrogen-bond donors (Lipinski definition) is 0. The highest BCUT2D eigenvalue weighted by atomic mass is 16.5. The molecule has 6 heteroatoms. The largest absolute Gasteiger partial charge is 0.439 e. The summed E-state index contributed by atoms with van der Waals surface area (Å²) in [5.74, 6) is 2.13. The Bertz CT molecular complexity index is 936. The van der Waals surface area contributed by atoms with Crippen LogP contribution in [0.4, 0.5) is 5.82 Å². The quantitative estimate of drug-likeness (QED) is 0.699. The van der Waals surface area contributed by atoms with E-state index in [4.69, 9.17) is 4.74 Å². The lowest BCUT2D eigenvalue weighted by atomic mass is 10.1. The molecule has 0 bridgehead atoms. The van der Waals surface area contributed by atoms with Gasteiger partial charge in [0.25, 0.3) is 5.91 Å².